The molecule has 0 bridgehead atoms. The largest absolute Gasteiger partial charge is 0.467 e. The van der Waals surface area contributed by atoms with Gasteiger partial charge in [0.1, 0.15) is 18.4 Å². The second-order valence-corrected chi connectivity index (χ2v) is 8.85. The fourth-order valence-electron chi connectivity index (χ4n) is 4.27. The van der Waals surface area contributed by atoms with E-state index in [0.717, 1.165) is 11.1 Å². The Labute approximate surface area is 210 Å². The van der Waals surface area contributed by atoms with Gasteiger partial charge in [0.05, 0.1) is 12.8 Å². The van der Waals surface area contributed by atoms with Crippen LogP contribution in [0.4, 0.5) is 4.79 Å². The Bertz CT molecular complexity index is 1110. The minimum Gasteiger partial charge on any atom is -0.467 e. The van der Waals surface area contributed by atoms with Crippen molar-refractivity contribution in [2.24, 2.45) is 5.92 Å². The van der Waals surface area contributed by atoms with Gasteiger partial charge in [-0.2, -0.15) is 0 Å². The molecule has 8 nitrogen and oxygen atoms in total. The van der Waals surface area contributed by atoms with Crippen molar-refractivity contribution in [3.05, 3.63) is 95.9 Å². The van der Waals surface area contributed by atoms with Crippen LogP contribution >= 0.6 is 0 Å². The van der Waals surface area contributed by atoms with Gasteiger partial charge in [-0.15, -0.1) is 0 Å². The van der Waals surface area contributed by atoms with Crippen molar-refractivity contribution in [1.29, 1.82) is 0 Å². The highest BCUT2D eigenvalue weighted by Gasteiger charge is 2.32. The van der Waals surface area contributed by atoms with Crippen LogP contribution < -0.4 is 10.6 Å². The lowest BCUT2D eigenvalue weighted by molar-refractivity contribution is -0.137. The van der Waals surface area contributed by atoms with E-state index in [0.29, 0.717) is 44.7 Å². The molecular formula is C28H31N3O5. The predicted octanol–water partition coefficient (Wildman–Crippen LogP) is 3.67. The third kappa shape index (κ3) is 7.21. The first-order valence-electron chi connectivity index (χ1n) is 12.2. The number of rotatable bonds is 9. The first-order valence-corrected chi connectivity index (χ1v) is 12.2. The smallest absolute Gasteiger partial charge is 0.408 e. The molecule has 2 aromatic carbocycles. The topological polar surface area (TPSA) is 101 Å². The highest BCUT2D eigenvalue weighted by atomic mass is 16.5. The third-order valence-electron chi connectivity index (χ3n) is 6.28. The SMILES string of the molecule is O=C(NC(Cc1ccccc1)C(=O)N1CCC(C(=O)NCc2ccco2)CC1)OCc1ccccc1. The van der Waals surface area contributed by atoms with E-state index in [1.54, 1.807) is 17.2 Å². The number of nitrogens with zero attached hydrogens (tertiary/aromatic N) is 1. The van der Waals surface area contributed by atoms with Crippen molar-refractivity contribution < 1.29 is 23.5 Å². The Balaban J connectivity index is 1.32. The van der Waals surface area contributed by atoms with Gasteiger partial charge < -0.3 is 24.7 Å². The molecule has 1 aliphatic rings. The molecule has 3 amide bonds. The summed E-state index contributed by atoms with van der Waals surface area (Å²) in [5, 5.41) is 5.66. The molecule has 0 saturated carbocycles. The fourth-order valence-corrected chi connectivity index (χ4v) is 4.27. The predicted molar refractivity (Wildman–Crippen MR) is 134 cm³/mol. The lowest BCUT2D eigenvalue weighted by Gasteiger charge is -2.34. The molecule has 2 N–H and O–H groups in total. The van der Waals surface area contributed by atoms with Gasteiger partial charge in [0.25, 0.3) is 0 Å². The molecule has 188 valence electrons. The van der Waals surface area contributed by atoms with E-state index in [1.165, 1.54) is 0 Å². The number of carbonyl (C=O) groups is 3. The normalized spacial score (nSPS) is 14.6. The minimum absolute atomic E-state index is 0.0399. The lowest BCUT2D eigenvalue weighted by Crippen LogP contribution is -2.52. The Morgan fingerprint density at radius 3 is 2.22 bits per heavy atom. The monoisotopic (exact) mass is 489 g/mol. The number of piperidine rings is 1. The Morgan fingerprint density at radius 2 is 1.58 bits per heavy atom. The summed E-state index contributed by atoms with van der Waals surface area (Å²) < 4.78 is 10.6. The van der Waals surface area contributed by atoms with E-state index in [-0.39, 0.29) is 24.3 Å². The molecule has 2 heterocycles. The average molecular weight is 490 g/mol. The van der Waals surface area contributed by atoms with Gasteiger partial charge in [-0.25, -0.2) is 4.79 Å². The molecule has 1 unspecified atom stereocenters. The van der Waals surface area contributed by atoms with Crippen LogP contribution in [0.25, 0.3) is 0 Å². The standard InChI is InChI=1S/C28H31N3O5/c32-26(29-19-24-12-7-17-35-24)23-13-15-31(16-14-23)27(33)25(18-21-8-3-1-4-9-21)30-28(34)36-20-22-10-5-2-6-11-22/h1-12,17,23,25H,13-16,18-20H2,(H,29,32)(H,30,34). The molecule has 4 rings (SSSR count). The summed E-state index contributed by atoms with van der Waals surface area (Å²) in [6.45, 7) is 1.37. The summed E-state index contributed by atoms with van der Waals surface area (Å²) in [5.74, 6) is 0.317. The summed E-state index contributed by atoms with van der Waals surface area (Å²) in [5.41, 5.74) is 1.80. The Kier molecular flexibility index (Phi) is 8.75. The van der Waals surface area contributed by atoms with Crippen LogP contribution in [0.2, 0.25) is 0 Å². The van der Waals surface area contributed by atoms with Gasteiger partial charge in [-0.3, -0.25) is 9.59 Å². The van der Waals surface area contributed by atoms with Crippen molar-refractivity contribution >= 4 is 17.9 Å². The van der Waals surface area contributed by atoms with E-state index < -0.39 is 12.1 Å². The van der Waals surface area contributed by atoms with Crippen molar-refractivity contribution in [2.45, 2.75) is 38.5 Å². The molecule has 0 aliphatic carbocycles. The number of furan rings is 1. The van der Waals surface area contributed by atoms with Crippen LogP contribution in [-0.2, 0) is 33.9 Å². The third-order valence-corrected chi connectivity index (χ3v) is 6.28. The second-order valence-electron chi connectivity index (χ2n) is 8.85. The molecule has 1 atom stereocenters. The number of nitrogens with one attached hydrogen (secondary N) is 2. The van der Waals surface area contributed by atoms with E-state index in [9.17, 15) is 14.4 Å². The molecule has 3 aromatic rings. The number of benzene rings is 2. The number of hydrogen-bond acceptors (Lipinski definition) is 5. The molecule has 1 saturated heterocycles. The van der Waals surface area contributed by atoms with Gasteiger partial charge >= 0.3 is 6.09 Å². The maximum absolute atomic E-state index is 13.4. The number of hydrogen-bond donors (Lipinski definition) is 2. The van der Waals surface area contributed by atoms with Gasteiger partial charge in [-0.1, -0.05) is 60.7 Å². The van der Waals surface area contributed by atoms with E-state index in [2.05, 4.69) is 10.6 Å². The Morgan fingerprint density at radius 1 is 0.917 bits per heavy atom. The maximum Gasteiger partial charge on any atom is 0.408 e. The van der Waals surface area contributed by atoms with Gasteiger partial charge in [0.15, 0.2) is 0 Å². The zero-order valence-corrected chi connectivity index (χ0v) is 20.1. The minimum atomic E-state index is -0.764. The number of amides is 3. The van der Waals surface area contributed by atoms with Crippen LogP contribution in [0.1, 0.15) is 29.7 Å². The zero-order valence-electron chi connectivity index (χ0n) is 20.1. The van der Waals surface area contributed by atoms with Crippen LogP contribution in [0.5, 0.6) is 0 Å². The van der Waals surface area contributed by atoms with E-state index in [1.807, 2.05) is 66.7 Å². The van der Waals surface area contributed by atoms with Crippen molar-refractivity contribution in [2.75, 3.05) is 13.1 Å². The number of likely N-dealkylation sites (tertiary alicyclic amines) is 1. The number of carbonyl (C=O) groups excluding carboxylic acids is 3. The first kappa shape index (κ1) is 25.0. The average Bonchev–Trinajstić information content (AvgIpc) is 3.45. The van der Waals surface area contributed by atoms with Gasteiger partial charge in [0, 0.05) is 25.4 Å². The van der Waals surface area contributed by atoms with Gasteiger partial charge in [-0.05, 0) is 36.1 Å². The second kappa shape index (κ2) is 12.6. The molecular weight excluding hydrogens is 458 g/mol. The van der Waals surface area contributed by atoms with Crippen molar-refractivity contribution in [3.8, 4) is 0 Å². The summed E-state index contributed by atoms with van der Waals surface area (Å²) in [4.78, 5) is 40.2. The fraction of sp³-hybridized carbons (Fsp3) is 0.321. The molecule has 1 aromatic heterocycles. The van der Waals surface area contributed by atoms with Crippen LogP contribution in [0, 0.1) is 5.92 Å². The maximum atomic E-state index is 13.4. The summed E-state index contributed by atoms with van der Waals surface area (Å²) in [6.07, 6.45) is 2.41. The molecule has 1 aliphatic heterocycles. The quantitative estimate of drug-likeness (QED) is 0.478. The zero-order chi connectivity index (χ0) is 25.2. The van der Waals surface area contributed by atoms with Crippen molar-refractivity contribution in [3.63, 3.8) is 0 Å². The van der Waals surface area contributed by atoms with Crippen molar-refractivity contribution in [1.82, 2.24) is 15.5 Å². The van der Waals surface area contributed by atoms with Crippen LogP contribution in [-0.4, -0.2) is 41.9 Å². The van der Waals surface area contributed by atoms with E-state index >= 15 is 0 Å². The van der Waals surface area contributed by atoms with Crippen LogP contribution in [0.3, 0.4) is 0 Å². The van der Waals surface area contributed by atoms with Crippen LogP contribution in [0.15, 0.2) is 83.5 Å². The van der Waals surface area contributed by atoms with E-state index in [4.69, 9.17) is 9.15 Å². The van der Waals surface area contributed by atoms with Gasteiger partial charge in [0.2, 0.25) is 11.8 Å². The first-order chi connectivity index (χ1) is 17.6. The summed E-state index contributed by atoms with van der Waals surface area (Å²) in [6, 6.07) is 21.8. The number of alkyl carbamates (subject to hydrolysis) is 1. The molecule has 0 spiro atoms. The molecule has 0 radical (unpaired) electrons. The molecule has 8 heteroatoms. The highest BCUT2D eigenvalue weighted by molar-refractivity contribution is 5.86. The highest BCUT2D eigenvalue weighted by Crippen LogP contribution is 2.19. The number of ether oxygens (including phenoxy) is 1. The summed E-state index contributed by atoms with van der Waals surface area (Å²) >= 11 is 0. The molecule has 1 fully saturated rings. The lowest BCUT2D eigenvalue weighted by atomic mass is 9.95. The summed E-state index contributed by atoms with van der Waals surface area (Å²) in [7, 11) is 0. The Hall–Kier alpha value is -4.07. The molecule has 36 heavy (non-hydrogen) atoms.